The quantitative estimate of drug-likeness (QED) is 0.814. The van der Waals surface area contributed by atoms with Gasteiger partial charge in [-0.25, -0.2) is 4.79 Å². The first-order chi connectivity index (χ1) is 11.1. The van der Waals surface area contributed by atoms with Crippen LogP contribution in [0.25, 0.3) is 0 Å². The number of nitrogens with one attached hydrogen (secondary N) is 1. The zero-order valence-electron chi connectivity index (χ0n) is 15.1. The second-order valence-corrected chi connectivity index (χ2v) is 7.29. The first-order valence-corrected chi connectivity index (χ1v) is 8.26. The molecule has 6 heteroatoms. The van der Waals surface area contributed by atoms with Crippen molar-refractivity contribution in [1.29, 1.82) is 0 Å². The molecule has 6 nitrogen and oxygen atoms in total. The Bertz CT molecular complexity index is 650. The van der Waals surface area contributed by atoms with Gasteiger partial charge in [-0.2, -0.15) is 0 Å². The Hall–Kier alpha value is -2.24. The molecule has 0 spiro atoms. The maximum absolute atomic E-state index is 12.6. The highest BCUT2D eigenvalue weighted by Crippen LogP contribution is 2.27. The first kappa shape index (κ1) is 18.1. The number of aryl methyl sites for hydroxylation is 1. The Kier molecular flexibility index (Phi) is 5.06. The van der Waals surface area contributed by atoms with Gasteiger partial charge < -0.3 is 15.8 Å². The maximum atomic E-state index is 12.6. The van der Waals surface area contributed by atoms with Gasteiger partial charge >= 0.3 is 6.09 Å². The number of ether oxygens (including phenoxy) is 1. The van der Waals surface area contributed by atoms with Crippen molar-refractivity contribution in [2.45, 2.75) is 59.1 Å². The van der Waals surface area contributed by atoms with Crippen LogP contribution < -0.4 is 11.1 Å². The average Bonchev–Trinajstić information content (AvgIpc) is 2.96. The van der Waals surface area contributed by atoms with Crippen LogP contribution in [-0.4, -0.2) is 35.1 Å². The molecule has 0 saturated carbocycles. The first-order valence-electron chi connectivity index (χ1n) is 8.26. The molecule has 1 unspecified atom stereocenters. The highest BCUT2D eigenvalue weighted by Gasteiger charge is 2.36. The van der Waals surface area contributed by atoms with E-state index in [1.807, 2.05) is 40.7 Å². The second kappa shape index (κ2) is 6.71. The third-order valence-corrected chi connectivity index (χ3v) is 4.23. The van der Waals surface area contributed by atoms with Crippen LogP contribution in [0.15, 0.2) is 12.1 Å². The van der Waals surface area contributed by atoms with Crippen molar-refractivity contribution >= 4 is 23.4 Å². The third-order valence-electron chi connectivity index (χ3n) is 4.23. The van der Waals surface area contributed by atoms with Crippen molar-refractivity contribution in [3.05, 3.63) is 23.3 Å². The highest BCUT2D eigenvalue weighted by molar-refractivity contribution is 5.99. The molecule has 3 N–H and O–H groups in total. The number of hydrogen-bond donors (Lipinski definition) is 2. The van der Waals surface area contributed by atoms with Crippen LogP contribution in [0.1, 0.15) is 44.7 Å². The minimum atomic E-state index is -0.584. The summed E-state index contributed by atoms with van der Waals surface area (Å²) in [6.45, 7) is 9.85. The SMILES string of the molecule is Cc1ccc(NC(=O)C2CCCN2C(=O)OC(C)(C)C)c(N)c1C. The molecule has 0 aliphatic carbocycles. The summed E-state index contributed by atoms with van der Waals surface area (Å²) in [5.74, 6) is -0.228. The van der Waals surface area contributed by atoms with Gasteiger partial charge in [-0.15, -0.1) is 0 Å². The van der Waals surface area contributed by atoms with Crippen molar-refractivity contribution in [3.63, 3.8) is 0 Å². The number of rotatable bonds is 2. The van der Waals surface area contributed by atoms with E-state index in [1.54, 1.807) is 6.07 Å². The summed E-state index contributed by atoms with van der Waals surface area (Å²) >= 11 is 0. The summed E-state index contributed by atoms with van der Waals surface area (Å²) in [7, 11) is 0. The molecule has 2 amide bonds. The fourth-order valence-electron chi connectivity index (χ4n) is 2.74. The van der Waals surface area contributed by atoms with Gasteiger partial charge in [-0.3, -0.25) is 9.69 Å². The van der Waals surface area contributed by atoms with E-state index < -0.39 is 17.7 Å². The van der Waals surface area contributed by atoms with Crippen LogP contribution in [0.3, 0.4) is 0 Å². The van der Waals surface area contributed by atoms with Gasteiger partial charge in [0.2, 0.25) is 5.91 Å². The molecule has 0 radical (unpaired) electrons. The van der Waals surface area contributed by atoms with E-state index in [2.05, 4.69) is 5.32 Å². The summed E-state index contributed by atoms with van der Waals surface area (Å²) in [6.07, 6.45) is 0.948. The smallest absolute Gasteiger partial charge is 0.410 e. The van der Waals surface area contributed by atoms with Gasteiger partial charge in [0.1, 0.15) is 11.6 Å². The van der Waals surface area contributed by atoms with Crippen molar-refractivity contribution in [2.75, 3.05) is 17.6 Å². The molecule has 2 rings (SSSR count). The summed E-state index contributed by atoms with van der Waals surface area (Å²) in [5.41, 5.74) is 8.67. The standard InChI is InChI=1S/C18H27N3O3/c1-11-8-9-13(15(19)12(11)2)20-16(22)14-7-6-10-21(14)17(23)24-18(3,4)5/h8-9,14H,6-7,10,19H2,1-5H3,(H,20,22). The third kappa shape index (κ3) is 3.99. The molecule has 1 aliphatic rings. The normalized spacial score (nSPS) is 17.7. The van der Waals surface area contributed by atoms with Crippen LogP contribution in [0.2, 0.25) is 0 Å². The van der Waals surface area contributed by atoms with Crippen molar-refractivity contribution in [2.24, 2.45) is 0 Å². The lowest BCUT2D eigenvalue weighted by Gasteiger charge is -2.28. The van der Waals surface area contributed by atoms with E-state index in [1.165, 1.54) is 4.90 Å². The highest BCUT2D eigenvalue weighted by atomic mass is 16.6. The second-order valence-electron chi connectivity index (χ2n) is 7.29. The number of hydrogen-bond acceptors (Lipinski definition) is 4. The minimum Gasteiger partial charge on any atom is -0.444 e. The molecule has 1 atom stereocenters. The fourth-order valence-corrected chi connectivity index (χ4v) is 2.74. The molecule has 1 fully saturated rings. The minimum absolute atomic E-state index is 0.228. The summed E-state index contributed by atoms with van der Waals surface area (Å²) < 4.78 is 5.39. The largest absolute Gasteiger partial charge is 0.444 e. The topological polar surface area (TPSA) is 84.7 Å². The maximum Gasteiger partial charge on any atom is 0.410 e. The van der Waals surface area contributed by atoms with Gasteiger partial charge in [-0.05, 0) is 64.7 Å². The molecular weight excluding hydrogens is 306 g/mol. The van der Waals surface area contributed by atoms with Crippen LogP contribution in [-0.2, 0) is 9.53 Å². The zero-order chi connectivity index (χ0) is 18.1. The van der Waals surface area contributed by atoms with Crippen molar-refractivity contribution in [3.8, 4) is 0 Å². The number of anilines is 2. The molecular formula is C18H27N3O3. The molecule has 1 heterocycles. The Labute approximate surface area is 143 Å². The number of amides is 2. The van der Waals surface area contributed by atoms with E-state index in [4.69, 9.17) is 10.5 Å². The Balaban J connectivity index is 2.11. The molecule has 24 heavy (non-hydrogen) atoms. The van der Waals surface area contributed by atoms with E-state index in [9.17, 15) is 9.59 Å². The lowest BCUT2D eigenvalue weighted by molar-refractivity contribution is -0.120. The van der Waals surface area contributed by atoms with E-state index in [0.717, 1.165) is 17.5 Å². The number of nitrogens with two attached hydrogens (primary N) is 1. The monoisotopic (exact) mass is 333 g/mol. The van der Waals surface area contributed by atoms with Crippen LogP contribution in [0, 0.1) is 13.8 Å². The van der Waals surface area contributed by atoms with Crippen molar-refractivity contribution < 1.29 is 14.3 Å². The summed E-state index contributed by atoms with van der Waals surface area (Å²) in [6, 6.07) is 3.19. The summed E-state index contributed by atoms with van der Waals surface area (Å²) in [4.78, 5) is 26.4. The molecule has 0 aromatic heterocycles. The van der Waals surface area contributed by atoms with Gasteiger partial charge in [0.15, 0.2) is 0 Å². The molecule has 0 bridgehead atoms. The Morgan fingerprint density at radius 1 is 1.29 bits per heavy atom. The number of carbonyl (C=O) groups excluding carboxylic acids is 2. The molecule has 132 valence electrons. The average molecular weight is 333 g/mol. The molecule has 1 aromatic rings. The Morgan fingerprint density at radius 2 is 1.96 bits per heavy atom. The van der Waals surface area contributed by atoms with E-state index in [0.29, 0.717) is 24.3 Å². The lowest BCUT2D eigenvalue weighted by atomic mass is 10.1. The van der Waals surface area contributed by atoms with Crippen LogP contribution in [0.5, 0.6) is 0 Å². The summed E-state index contributed by atoms with van der Waals surface area (Å²) in [5, 5.41) is 2.85. The predicted molar refractivity (Wildman–Crippen MR) is 94.9 cm³/mol. The zero-order valence-corrected chi connectivity index (χ0v) is 15.1. The molecule has 1 aromatic carbocycles. The van der Waals surface area contributed by atoms with Gasteiger partial charge in [0.05, 0.1) is 11.4 Å². The van der Waals surface area contributed by atoms with Gasteiger partial charge in [0.25, 0.3) is 0 Å². The van der Waals surface area contributed by atoms with Crippen LogP contribution >= 0.6 is 0 Å². The lowest BCUT2D eigenvalue weighted by Crippen LogP contribution is -2.45. The number of nitrogens with zero attached hydrogens (tertiary/aromatic N) is 1. The van der Waals surface area contributed by atoms with E-state index >= 15 is 0 Å². The predicted octanol–water partition coefficient (Wildman–Crippen LogP) is 3.22. The molecule has 1 saturated heterocycles. The molecule has 1 aliphatic heterocycles. The Morgan fingerprint density at radius 3 is 2.58 bits per heavy atom. The van der Waals surface area contributed by atoms with Gasteiger partial charge in [0, 0.05) is 6.54 Å². The van der Waals surface area contributed by atoms with Crippen molar-refractivity contribution in [1.82, 2.24) is 4.90 Å². The van der Waals surface area contributed by atoms with Crippen LogP contribution in [0.4, 0.5) is 16.2 Å². The fraction of sp³-hybridized carbons (Fsp3) is 0.556. The number of benzene rings is 1. The number of likely N-dealkylation sites (tertiary alicyclic amines) is 1. The van der Waals surface area contributed by atoms with E-state index in [-0.39, 0.29) is 5.91 Å². The number of carbonyl (C=O) groups is 2. The van der Waals surface area contributed by atoms with Gasteiger partial charge in [-0.1, -0.05) is 6.07 Å². The number of nitrogen functional groups attached to an aromatic ring is 1.